The van der Waals surface area contributed by atoms with Crippen LogP contribution in [0, 0.1) is 0 Å². The van der Waals surface area contributed by atoms with Gasteiger partial charge in [0.05, 0.1) is 24.8 Å². The molecule has 0 saturated heterocycles. The molecular formula is C26H23NO4S. The number of hydrogen-bond acceptors (Lipinski definition) is 5. The third-order valence-electron chi connectivity index (χ3n) is 5.26. The molecule has 0 fully saturated rings. The summed E-state index contributed by atoms with van der Waals surface area (Å²) in [5, 5.41) is 9.98. The molecule has 32 heavy (non-hydrogen) atoms. The van der Waals surface area contributed by atoms with Gasteiger partial charge in [0.2, 0.25) is 0 Å². The van der Waals surface area contributed by atoms with Crippen LogP contribution in [0.4, 0.5) is 11.4 Å². The molecule has 3 aromatic carbocycles. The maximum atomic E-state index is 10.8. The highest BCUT2D eigenvalue weighted by atomic mass is 32.1. The summed E-state index contributed by atoms with van der Waals surface area (Å²) in [6, 6.07) is 22.0. The Morgan fingerprint density at radius 1 is 0.938 bits per heavy atom. The van der Waals surface area contributed by atoms with Crippen molar-refractivity contribution in [1.29, 1.82) is 0 Å². The SMILES string of the molecule is COc1ccc(-c2sc3cc(OC)ccc3c2N(C)c2ccc(C=CC(=O)O)cc2)cc1. The Morgan fingerprint density at radius 2 is 1.59 bits per heavy atom. The lowest BCUT2D eigenvalue weighted by Gasteiger charge is -2.21. The Kier molecular flexibility index (Phi) is 6.14. The summed E-state index contributed by atoms with van der Waals surface area (Å²) >= 11 is 1.72. The van der Waals surface area contributed by atoms with Crippen molar-refractivity contribution in [3.05, 3.63) is 78.4 Å². The van der Waals surface area contributed by atoms with Crippen LogP contribution in [0.25, 0.3) is 26.6 Å². The maximum Gasteiger partial charge on any atom is 0.328 e. The van der Waals surface area contributed by atoms with Gasteiger partial charge >= 0.3 is 5.97 Å². The topological polar surface area (TPSA) is 59.0 Å². The van der Waals surface area contributed by atoms with Gasteiger partial charge < -0.3 is 19.5 Å². The molecule has 5 nitrogen and oxygen atoms in total. The van der Waals surface area contributed by atoms with Crippen molar-refractivity contribution in [3.8, 4) is 21.9 Å². The highest BCUT2D eigenvalue weighted by molar-refractivity contribution is 7.23. The summed E-state index contributed by atoms with van der Waals surface area (Å²) in [6.07, 6.45) is 2.72. The van der Waals surface area contributed by atoms with Crippen LogP contribution in [0.3, 0.4) is 0 Å². The molecule has 0 aliphatic heterocycles. The Morgan fingerprint density at radius 3 is 2.22 bits per heavy atom. The first-order valence-corrected chi connectivity index (χ1v) is 10.8. The zero-order chi connectivity index (χ0) is 22.7. The summed E-state index contributed by atoms with van der Waals surface area (Å²) in [6.45, 7) is 0. The molecule has 0 aliphatic carbocycles. The highest BCUT2D eigenvalue weighted by Crippen LogP contribution is 2.47. The van der Waals surface area contributed by atoms with E-state index in [-0.39, 0.29) is 0 Å². The van der Waals surface area contributed by atoms with Crippen LogP contribution in [0.1, 0.15) is 5.56 Å². The Labute approximate surface area is 190 Å². The fraction of sp³-hybridized carbons (Fsp3) is 0.115. The van der Waals surface area contributed by atoms with E-state index in [1.54, 1.807) is 31.6 Å². The molecule has 0 saturated carbocycles. The third-order valence-corrected chi connectivity index (χ3v) is 6.45. The van der Waals surface area contributed by atoms with Crippen molar-refractivity contribution in [1.82, 2.24) is 0 Å². The van der Waals surface area contributed by atoms with Crippen molar-refractivity contribution < 1.29 is 19.4 Å². The van der Waals surface area contributed by atoms with E-state index in [1.165, 1.54) is 0 Å². The van der Waals surface area contributed by atoms with Gasteiger partial charge in [-0.15, -0.1) is 11.3 Å². The molecule has 162 valence electrons. The lowest BCUT2D eigenvalue weighted by Crippen LogP contribution is -2.09. The number of thiophene rings is 1. The van der Waals surface area contributed by atoms with Crippen molar-refractivity contribution in [2.75, 3.05) is 26.2 Å². The second-order valence-corrected chi connectivity index (χ2v) is 8.24. The predicted molar refractivity (Wildman–Crippen MR) is 132 cm³/mol. The number of carboxylic acid groups (broad SMARTS) is 1. The van der Waals surface area contributed by atoms with Gasteiger partial charge in [0.1, 0.15) is 11.5 Å². The van der Waals surface area contributed by atoms with Crippen LogP contribution in [0.5, 0.6) is 11.5 Å². The van der Waals surface area contributed by atoms with Crippen molar-refractivity contribution in [2.24, 2.45) is 0 Å². The molecule has 0 amide bonds. The standard InChI is InChI=1S/C26H23NO4S/c1-27(19-9-4-17(5-10-19)6-15-24(28)29)25-22-14-13-21(31-3)16-23(22)32-26(25)18-7-11-20(30-2)12-8-18/h4-16H,1-3H3,(H,28,29). The molecule has 0 bridgehead atoms. The number of rotatable bonds is 7. The molecule has 4 aromatic rings. The van der Waals surface area contributed by atoms with Crippen LogP contribution in [-0.4, -0.2) is 32.3 Å². The normalized spacial score (nSPS) is 11.1. The lowest BCUT2D eigenvalue weighted by atomic mass is 10.1. The monoisotopic (exact) mass is 445 g/mol. The number of benzene rings is 3. The molecule has 0 spiro atoms. The van der Waals surface area contributed by atoms with E-state index in [4.69, 9.17) is 14.6 Å². The van der Waals surface area contributed by atoms with Crippen LogP contribution in [0.15, 0.2) is 72.8 Å². The van der Waals surface area contributed by atoms with Crippen LogP contribution in [-0.2, 0) is 4.79 Å². The summed E-state index contributed by atoms with van der Waals surface area (Å²) in [7, 11) is 5.38. The molecule has 0 radical (unpaired) electrons. The summed E-state index contributed by atoms with van der Waals surface area (Å²) < 4.78 is 11.9. The zero-order valence-electron chi connectivity index (χ0n) is 18.0. The van der Waals surface area contributed by atoms with Gasteiger partial charge in [-0.1, -0.05) is 12.1 Å². The quantitative estimate of drug-likeness (QED) is 0.331. The van der Waals surface area contributed by atoms with E-state index in [0.29, 0.717) is 0 Å². The smallest absolute Gasteiger partial charge is 0.328 e. The van der Waals surface area contributed by atoms with Gasteiger partial charge in [0, 0.05) is 28.9 Å². The summed E-state index contributed by atoms with van der Waals surface area (Å²) in [5.41, 5.74) is 4.04. The largest absolute Gasteiger partial charge is 0.497 e. The van der Waals surface area contributed by atoms with Gasteiger partial charge in [-0.2, -0.15) is 0 Å². The van der Waals surface area contributed by atoms with Crippen LogP contribution >= 0.6 is 11.3 Å². The first kappa shape index (κ1) is 21.5. The Hall–Kier alpha value is -3.77. The molecule has 1 N–H and O–H groups in total. The number of aliphatic carboxylic acids is 1. The molecule has 0 aliphatic rings. The minimum absolute atomic E-state index is 0.816. The number of carboxylic acids is 1. The molecule has 1 heterocycles. The fourth-order valence-electron chi connectivity index (χ4n) is 3.57. The zero-order valence-corrected chi connectivity index (χ0v) is 18.8. The van der Waals surface area contributed by atoms with Crippen molar-refractivity contribution in [2.45, 2.75) is 0 Å². The molecule has 1 aromatic heterocycles. The van der Waals surface area contributed by atoms with E-state index in [9.17, 15) is 4.79 Å². The first-order chi connectivity index (χ1) is 15.5. The second kappa shape index (κ2) is 9.16. The lowest BCUT2D eigenvalue weighted by molar-refractivity contribution is -0.131. The van der Waals surface area contributed by atoms with Crippen molar-refractivity contribution >= 4 is 44.8 Å². The summed E-state index contributed by atoms with van der Waals surface area (Å²) in [5.74, 6) is 0.677. The van der Waals surface area contributed by atoms with Gasteiger partial charge in [-0.3, -0.25) is 0 Å². The number of carbonyl (C=O) groups is 1. The number of methoxy groups -OCH3 is 2. The van der Waals surface area contributed by atoms with E-state index >= 15 is 0 Å². The minimum atomic E-state index is -0.963. The second-order valence-electron chi connectivity index (χ2n) is 7.19. The molecule has 4 rings (SSSR count). The van der Waals surface area contributed by atoms with Gasteiger partial charge in [-0.05, 0) is 71.8 Å². The molecule has 0 atom stereocenters. The first-order valence-electron chi connectivity index (χ1n) is 10.00. The number of nitrogens with zero attached hydrogens (tertiary/aromatic N) is 1. The van der Waals surface area contributed by atoms with Crippen LogP contribution in [0.2, 0.25) is 0 Å². The van der Waals surface area contributed by atoms with E-state index in [2.05, 4.69) is 29.2 Å². The molecule has 6 heteroatoms. The maximum absolute atomic E-state index is 10.8. The number of hydrogen-bond donors (Lipinski definition) is 1. The Bertz CT molecular complexity index is 1270. The molecular weight excluding hydrogens is 422 g/mol. The average Bonchev–Trinajstić information content (AvgIpc) is 3.21. The van der Waals surface area contributed by atoms with Gasteiger partial charge in [-0.25, -0.2) is 4.79 Å². The van der Waals surface area contributed by atoms with Crippen LogP contribution < -0.4 is 14.4 Å². The number of anilines is 2. The average molecular weight is 446 g/mol. The van der Waals surface area contributed by atoms with E-state index < -0.39 is 5.97 Å². The minimum Gasteiger partial charge on any atom is -0.497 e. The van der Waals surface area contributed by atoms with Gasteiger partial charge in [0.25, 0.3) is 0 Å². The number of fused-ring (bicyclic) bond motifs is 1. The highest BCUT2D eigenvalue weighted by Gasteiger charge is 2.19. The Balaban J connectivity index is 1.81. The van der Waals surface area contributed by atoms with E-state index in [0.717, 1.165) is 55.0 Å². The van der Waals surface area contributed by atoms with Gasteiger partial charge in [0.15, 0.2) is 0 Å². The van der Waals surface area contributed by atoms with E-state index in [1.807, 2.05) is 49.5 Å². The molecule has 0 unspecified atom stereocenters. The third kappa shape index (κ3) is 4.31. The fourth-order valence-corrected chi connectivity index (χ4v) is 4.83. The predicted octanol–water partition coefficient (Wildman–Crippen LogP) is 6.45. The van der Waals surface area contributed by atoms with Crippen molar-refractivity contribution in [3.63, 3.8) is 0 Å². The summed E-state index contributed by atoms with van der Waals surface area (Å²) in [4.78, 5) is 14.1. The number of ether oxygens (including phenoxy) is 2.